The van der Waals surface area contributed by atoms with E-state index < -0.39 is 4.84 Å². The van der Waals surface area contributed by atoms with E-state index in [2.05, 4.69) is 5.32 Å². The van der Waals surface area contributed by atoms with E-state index in [1.54, 1.807) is 0 Å². The summed E-state index contributed by atoms with van der Waals surface area (Å²) in [5.41, 5.74) is 1.79. The van der Waals surface area contributed by atoms with Gasteiger partial charge in [0.25, 0.3) is 0 Å². The lowest BCUT2D eigenvalue weighted by molar-refractivity contribution is -0.113. The molecule has 0 heterocycles. The number of hydrogen-bond acceptors (Lipinski definition) is 2. The molecule has 1 aromatic carbocycles. The second-order valence-corrected chi connectivity index (χ2v) is 6.61. The maximum Gasteiger partial charge on any atom is 0.190 e. The predicted octanol–water partition coefficient (Wildman–Crippen LogP) is 4.57. The number of nitrogens with one attached hydrogen (secondary N) is 1. The number of halogens is 2. The molecular weight excluding hydrogens is 305 g/mol. The minimum atomic E-state index is -1.01. The van der Waals surface area contributed by atoms with E-state index in [-0.39, 0.29) is 5.78 Å². The molecule has 21 heavy (non-hydrogen) atoms. The van der Waals surface area contributed by atoms with Gasteiger partial charge in [0.2, 0.25) is 0 Å². The SMILES string of the molecule is O=C(C=C(NCC1CCCCC1)c1ccccc1)C(Cl)Cl. The van der Waals surface area contributed by atoms with Crippen LogP contribution >= 0.6 is 23.2 Å². The van der Waals surface area contributed by atoms with Gasteiger partial charge < -0.3 is 5.32 Å². The van der Waals surface area contributed by atoms with Crippen LogP contribution in [0.2, 0.25) is 0 Å². The van der Waals surface area contributed by atoms with Gasteiger partial charge in [-0.3, -0.25) is 4.79 Å². The molecule has 2 nitrogen and oxygen atoms in total. The molecule has 1 aliphatic rings. The van der Waals surface area contributed by atoms with Crippen molar-refractivity contribution in [2.75, 3.05) is 6.54 Å². The molecule has 0 aromatic heterocycles. The van der Waals surface area contributed by atoms with E-state index in [1.165, 1.54) is 38.2 Å². The van der Waals surface area contributed by atoms with Crippen molar-refractivity contribution in [1.29, 1.82) is 0 Å². The second-order valence-electron chi connectivity index (χ2n) is 5.51. The molecule has 0 saturated heterocycles. The number of carbonyl (C=O) groups excluding carboxylic acids is 1. The average molecular weight is 326 g/mol. The van der Waals surface area contributed by atoms with Gasteiger partial charge in [-0.15, -0.1) is 0 Å². The molecule has 2 rings (SSSR count). The highest BCUT2D eigenvalue weighted by Gasteiger charge is 2.15. The summed E-state index contributed by atoms with van der Waals surface area (Å²) in [7, 11) is 0. The number of ketones is 1. The minimum absolute atomic E-state index is 0.284. The van der Waals surface area contributed by atoms with E-state index in [4.69, 9.17) is 23.2 Å². The van der Waals surface area contributed by atoms with Gasteiger partial charge in [0.1, 0.15) is 0 Å². The molecule has 0 unspecified atom stereocenters. The Morgan fingerprint density at radius 1 is 1.19 bits per heavy atom. The molecule has 4 heteroatoms. The summed E-state index contributed by atoms with van der Waals surface area (Å²) in [6.45, 7) is 0.892. The summed E-state index contributed by atoms with van der Waals surface area (Å²) in [6.07, 6.45) is 7.99. The lowest BCUT2D eigenvalue weighted by Gasteiger charge is -2.23. The molecule has 1 aliphatic carbocycles. The molecule has 0 bridgehead atoms. The van der Waals surface area contributed by atoms with Crippen molar-refractivity contribution in [3.05, 3.63) is 42.0 Å². The first kappa shape index (κ1) is 16.4. The molecule has 114 valence electrons. The van der Waals surface area contributed by atoms with E-state index in [0.29, 0.717) is 5.92 Å². The van der Waals surface area contributed by atoms with Crippen LogP contribution in [0.3, 0.4) is 0 Å². The van der Waals surface area contributed by atoms with Gasteiger partial charge in [-0.1, -0.05) is 72.8 Å². The third kappa shape index (κ3) is 5.37. The van der Waals surface area contributed by atoms with Crippen molar-refractivity contribution >= 4 is 34.7 Å². The Balaban J connectivity index is 2.06. The van der Waals surface area contributed by atoms with Crippen LogP contribution in [-0.2, 0) is 4.79 Å². The van der Waals surface area contributed by atoms with Gasteiger partial charge in [0.05, 0.1) is 0 Å². The van der Waals surface area contributed by atoms with Crippen molar-refractivity contribution < 1.29 is 4.79 Å². The topological polar surface area (TPSA) is 29.1 Å². The monoisotopic (exact) mass is 325 g/mol. The van der Waals surface area contributed by atoms with E-state index in [9.17, 15) is 4.79 Å². The third-order valence-corrected chi connectivity index (χ3v) is 4.32. The number of carbonyl (C=O) groups is 1. The first-order chi connectivity index (χ1) is 10.2. The second kappa shape index (κ2) is 8.45. The fourth-order valence-corrected chi connectivity index (χ4v) is 2.83. The highest BCUT2D eigenvalue weighted by atomic mass is 35.5. The third-order valence-electron chi connectivity index (χ3n) is 3.89. The molecule has 0 atom stereocenters. The van der Waals surface area contributed by atoms with Crippen LogP contribution < -0.4 is 5.32 Å². The highest BCUT2D eigenvalue weighted by molar-refractivity contribution is 6.55. The maximum atomic E-state index is 11.8. The van der Waals surface area contributed by atoms with Gasteiger partial charge in [-0.05, 0) is 24.3 Å². The zero-order chi connectivity index (χ0) is 15.1. The van der Waals surface area contributed by atoms with E-state index in [0.717, 1.165) is 17.8 Å². The molecule has 1 aromatic rings. The summed E-state index contributed by atoms with van der Waals surface area (Å²) >= 11 is 11.3. The van der Waals surface area contributed by atoms with E-state index >= 15 is 0 Å². The quantitative estimate of drug-likeness (QED) is 0.613. The number of hydrogen-bond donors (Lipinski definition) is 1. The van der Waals surface area contributed by atoms with Crippen LogP contribution in [0.4, 0.5) is 0 Å². The van der Waals surface area contributed by atoms with Gasteiger partial charge in [-0.25, -0.2) is 0 Å². The van der Waals surface area contributed by atoms with Gasteiger partial charge in [0.15, 0.2) is 10.6 Å². The van der Waals surface area contributed by atoms with Gasteiger partial charge >= 0.3 is 0 Å². The Kier molecular flexibility index (Phi) is 6.59. The molecular formula is C17H21Cl2NO. The van der Waals surface area contributed by atoms with Crippen molar-refractivity contribution in [2.45, 2.75) is 36.9 Å². The number of benzene rings is 1. The smallest absolute Gasteiger partial charge is 0.190 e. The number of alkyl halides is 2. The maximum absolute atomic E-state index is 11.8. The Hall–Kier alpha value is -0.990. The normalized spacial score (nSPS) is 17.0. The van der Waals surface area contributed by atoms with Crippen LogP contribution in [-0.4, -0.2) is 17.2 Å². The molecule has 0 amide bonds. The molecule has 1 fully saturated rings. The first-order valence-corrected chi connectivity index (χ1v) is 8.37. The Labute approximate surface area is 136 Å². The van der Waals surface area contributed by atoms with Crippen LogP contribution in [0.1, 0.15) is 37.7 Å². The van der Waals surface area contributed by atoms with Crippen LogP contribution in [0.5, 0.6) is 0 Å². The van der Waals surface area contributed by atoms with E-state index in [1.807, 2.05) is 30.3 Å². The highest BCUT2D eigenvalue weighted by Crippen LogP contribution is 2.24. The van der Waals surface area contributed by atoms with Crippen molar-refractivity contribution in [2.24, 2.45) is 5.92 Å². The number of rotatable bonds is 6. The molecule has 1 N–H and O–H groups in total. The molecule has 0 aliphatic heterocycles. The largest absolute Gasteiger partial charge is 0.384 e. The fraction of sp³-hybridized carbons (Fsp3) is 0.471. The van der Waals surface area contributed by atoms with Gasteiger partial charge in [-0.2, -0.15) is 0 Å². The summed E-state index contributed by atoms with van der Waals surface area (Å²) in [6, 6.07) is 9.81. The minimum Gasteiger partial charge on any atom is -0.384 e. The zero-order valence-corrected chi connectivity index (χ0v) is 13.5. The predicted molar refractivity (Wildman–Crippen MR) is 89.5 cm³/mol. The number of allylic oxidation sites excluding steroid dienone is 1. The Morgan fingerprint density at radius 2 is 1.86 bits per heavy atom. The first-order valence-electron chi connectivity index (χ1n) is 7.50. The van der Waals surface area contributed by atoms with Crippen molar-refractivity contribution in [3.8, 4) is 0 Å². The molecule has 1 saturated carbocycles. The summed E-state index contributed by atoms with van der Waals surface area (Å²) in [5.74, 6) is 0.400. The Bertz CT molecular complexity index is 479. The average Bonchev–Trinajstić information content (AvgIpc) is 2.53. The van der Waals surface area contributed by atoms with Crippen LogP contribution in [0.15, 0.2) is 36.4 Å². The summed E-state index contributed by atoms with van der Waals surface area (Å²) < 4.78 is 0. The summed E-state index contributed by atoms with van der Waals surface area (Å²) in [5, 5.41) is 3.41. The lowest BCUT2D eigenvalue weighted by Crippen LogP contribution is -2.24. The van der Waals surface area contributed by atoms with Gasteiger partial charge in [0, 0.05) is 18.3 Å². The Morgan fingerprint density at radius 3 is 2.48 bits per heavy atom. The molecule has 0 spiro atoms. The van der Waals surface area contributed by atoms with Crippen LogP contribution in [0, 0.1) is 5.92 Å². The zero-order valence-electron chi connectivity index (χ0n) is 12.0. The standard InChI is InChI=1S/C17H21Cl2NO/c18-17(19)16(21)11-15(14-9-5-2-6-10-14)20-12-13-7-3-1-4-8-13/h2,5-6,9-11,13,17,20H,1,3-4,7-8,12H2. The van der Waals surface area contributed by atoms with Crippen molar-refractivity contribution in [1.82, 2.24) is 5.32 Å². The summed E-state index contributed by atoms with van der Waals surface area (Å²) in [4.78, 5) is 10.8. The van der Waals surface area contributed by atoms with Crippen molar-refractivity contribution in [3.63, 3.8) is 0 Å². The molecule has 0 radical (unpaired) electrons. The lowest BCUT2D eigenvalue weighted by atomic mass is 9.89. The van der Waals surface area contributed by atoms with Crippen LogP contribution in [0.25, 0.3) is 5.70 Å². The fourth-order valence-electron chi connectivity index (χ4n) is 2.70.